The van der Waals surface area contributed by atoms with Crippen molar-refractivity contribution in [2.75, 3.05) is 0 Å². The van der Waals surface area contributed by atoms with Crippen molar-refractivity contribution in [3.05, 3.63) is 60.7 Å². The van der Waals surface area contributed by atoms with Crippen LogP contribution in [0.4, 0.5) is 0 Å². The second-order valence-corrected chi connectivity index (χ2v) is 3.90. The monoisotopic (exact) mass is 211 g/mol. The lowest BCUT2D eigenvalue weighted by Gasteiger charge is -2.09. The summed E-state index contributed by atoms with van der Waals surface area (Å²) in [5, 5.41) is 0. The maximum Gasteiger partial charge on any atom is 0.142 e. The molecule has 0 saturated carbocycles. The van der Waals surface area contributed by atoms with Gasteiger partial charge in [-0.3, -0.25) is 0 Å². The molecule has 0 atom stereocenters. The van der Waals surface area contributed by atoms with Gasteiger partial charge in [-0.1, -0.05) is 42.5 Å². The lowest BCUT2D eigenvalue weighted by Crippen LogP contribution is -1.95. The van der Waals surface area contributed by atoms with E-state index < -0.39 is 0 Å². The predicted molar refractivity (Wildman–Crippen MR) is 67.1 cm³/mol. The summed E-state index contributed by atoms with van der Waals surface area (Å²) in [6.07, 6.45) is 0.949. The van der Waals surface area contributed by atoms with Gasteiger partial charge in [0, 0.05) is 0 Å². The van der Waals surface area contributed by atoms with Crippen LogP contribution in [0.5, 0.6) is 5.75 Å². The molecule has 1 heteroatoms. The Morgan fingerprint density at radius 3 is 2.19 bits per heavy atom. The van der Waals surface area contributed by atoms with Crippen LogP contribution in [-0.4, -0.2) is 0 Å². The second kappa shape index (κ2) is 4.84. The molecule has 0 aliphatic carbocycles. The molecule has 0 unspecified atom stereocenters. The lowest BCUT2D eigenvalue weighted by molar-refractivity contribution is 0.345. The van der Waals surface area contributed by atoms with E-state index in [0.717, 1.165) is 11.9 Å². The third kappa shape index (κ3) is 2.63. The Labute approximate surface area is 96.7 Å². The Bertz CT molecular complexity index is 446. The number of benzene rings is 2. The van der Waals surface area contributed by atoms with E-state index in [2.05, 4.69) is 24.3 Å². The Morgan fingerprint density at radius 2 is 1.50 bits per heavy atom. The fraction of sp³-hybridized carbons (Fsp3) is 0.133. The van der Waals surface area contributed by atoms with Crippen LogP contribution in [-0.2, 0) is 0 Å². The number of hydrogen-bond donors (Lipinski definition) is 0. The molecule has 1 radical (unpaired) electrons. The molecule has 0 spiro atoms. The van der Waals surface area contributed by atoms with Gasteiger partial charge in [0.1, 0.15) is 11.9 Å². The smallest absolute Gasteiger partial charge is 0.142 e. The van der Waals surface area contributed by atoms with E-state index in [1.165, 1.54) is 11.1 Å². The molecule has 1 nitrogen and oxygen atoms in total. The molecule has 0 bridgehead atoms. The van der Waals surface area contributed by atoms with Gasteiger partial charge in [0.25, 0.3) is 0 Å². The Kier molecular flexibility index (Phi) is 3.25. The van der Waals surface area contributed by atoms with E-state index >= 15 is 0 Å². The highest BCUT2D eigenvalue weighted by atomic mass is 16.5. The zero-order valence-corrected chi connectivity index (χ0v) is 9.60. The number of ether oxygens (including phenoxy) is 1. The highest BCUT2D eigenvalue weighted by Crippen LogP contribution is 2.24. The highest BCUT2D eigenvalue weighted by Gasteiger charge is 2.01. The van der Waals surface area contributed by atoms with Gasteiger partial charge in [0.05, 0.1) is 0 Å². The van der Waals surface area contributed by atoms with Crippen molar-refractivity contribution in [2.24, 2.45) is 0 Å². The molecule has 0 fully saturated rings. The van der Waals surface area contributed by atoms with Crippen LogP contribution >= 0.6 is 0 Å². The summed E-state index contributed by atoms with van der Waals surface area (Å²) in [5.41, 5.74) is 2.39. The van der Waals surface area contributed by atoms with Crippen LogP contribution in [0.1, 0.15) is 13.8 Å². The molecule has 0 heterocycles. The average molecular weight is 211 g/mol. The van der Waals surface area contributed by atoms with Gasteiger partial charge in [0.15, 0.2) is 0 Å². The molecule has 0 aliphatic rings. The summed E-state index contributed by atoms with van der Waals surface area (Å²) in [6, 6.07) is 18.4. The van der Waals surface area contributed by atoms with E-state index in [-0.39, 0.29) is 0 Å². The first kappa shape index (κ1) is 10.7. The SMILES string of the molecule is C[C](C)Oc1cccc(-c2ccccc2)c1. The average Bonchev–Trinajstić information content (AvgIpc) is 2.30. The van der Waals surface area contributed by atoms with Crippen LogP contribution in [0, 0.1) is 6.10 Å². The van der Waals surface area contributed by atoms with Crippen molar-refractivity contribution in [1.82, 2.24) is 0 Å². The summed E-state index contributed by atoms with van der Waals surface area (Å²) < 4.78 is 5.59. The van der Waals surface area contributed by atoms with Gasteiger partial charge < -0.3 is 4.74 Å². The molecular weight excluding hydrogens is 196 g/mol. The molecule has 0 aliphatic heterocycles. The summed E-state index contributed by atoms with van der Waals surface area (Å²) in [7, 11) is 0. The topological polar surface area (TPSA) is 9.23 Å². The molecule has 2 aromatic carbocycles. The molecule has 0 amide bonds. The molecule has 0 N–H and O–H groups in total. The number of hydrogen-bond acceptors (Lipinski definition) is 1. The number of rotatable bonds is 3. The lowest BCUT2D eigenvalue weighted by atomic mass is 10.1. The molecule has 81 valence electrons. The fourth-order valence-electron chi connectivity index (χ4n) is 1.61. The van der Waals surface area contributed by atoms with E-state index in [0.29, 0.717) is 0 Å². The van der Waals surface area contributed by atoms with Crippen molar-refractivity contribution >= 4 is 0 Å². The van der Waals surface area contributed by atoms with Crippen LogP contribution in [0.3, 0.4) is 0 Å². The zero-order chi connectivity index (χ0) is 11.4. The summed E-state index contributed by atoms with van der Waals surface area (Å²) in [6.45, 7) is 3.91. The molecule has 0 aromatic heterocycles. The second-order valence-electron chi connectivity index (χ2n) is 3.90. The standard InChI is InChI=1S/C15H15O/c1-12(2)16-15-10-6-9-14(11-15)13-7-4-3-5-8-13/h3-11H,1-2H3. The van der Waals surface area contributed by atoms with Crippen molar-refractivity contribution < 1.29 is 4.74 Å². The van der Waals surface area contributed by atoms with Crippen molar-refractivity contribution in [3.63, 3.8) is 0 Å². The van der Waals surface area contributed by atoms with Gasteiger partial charge >= 0.3 is 0 Å². The van der Waals surface area contributed by atoms with Crippen molar-refractivity contribution in [3.8, 4) is 16.9 Å². The first-order valence-corrected chi connectivity index (χ1v) is 5.39. The fourth-order valence-corrected chi connectivity index (χ4v) is 1.61. The van der Waals surface area contributed by atoms with Crippen molar-refractivity contribution in [2.45, 2.75) is 13.8 Å². The van der Waals surface area contributed by atoms with E-state index in [9.17, 15) is 0 Å². The predicted octanol–water partition coefficient (Wildman–Crippen LogP) is 4.30. The summed E-state index contributed by atoms with van der Waals surface area (Å²) in [5.74, 6) is 0.890. The van der Waals surface area contributed by atoms with Gasteiger partial charge in [-0.25, -0.2) is 0 Å². The molecule has 0 saturated heterocycles. The minimum absolute atomic E-state index is 0.890. The van der Waals surface area contributed by atoms with Gasteiger partial charge in [-0.05, 0) is 37.1 Å². The quantitative estimate of drug-likeness (QED) is 0.735. The van der Waals surface area contributed by atoms with Crippen molar-refractivity contribution in [1.29, 1.82) is 0 Å². The van der Waals surface area contributed by atoms with Gasteiger partial charge in [0.2, 0.25) is 0 Å². The van der Waals surface area contributed by atoms with E-state index in [1.54, 1.807) is 0 Å². The summed E-state index contributed by atoms with van der Waals surface area (Å²) >= 11 is 0. The minimum Gasteiger partial charge on any atom is -0.484 e. The van der Waals surface area contributed by atoms with E-state index in [4.69, 9.17) is 4.74 Å². The van der Waals surface area contributed by atoms with Crippen LogP contribution < -0.4 is 4.74 Å². The van der Waals surface area contributed by atoms with Crippen LogP contribution in [0.25, 0.3) is 11.1 Å². The zero-order valence-electron chi connectivity index (χ0n) is 9.60. The molecule has 16 heavy (non-hydrogen) atoms. The highest BCUT2D eigenvalue weighted by molar-refractivity contribution is 5.64. The normalized spacial score (nSPS) is 10.4. The van der Waals surface area contributed by atoms with Gasteiger partial charge in [-0.2, -0.15) is 0 Å². The summed E-state index contributed by atoms with van der Waals surface area (Å²) in [4.78, 5) is 0. The Morgan fingerprint density at radius 1 is 0.812 bits per heavy atom. The third-order valence-electron chi connectivity index (χ3n) is 2.26. The maximum absolute atomic E-state index is 5.59. The van der Waals surface area contributed by atoms with E-state index in [1.807, 2.05) is 44.2 Å². The minimum atomic E-state index is 0.890. The Hall–Kier alpha value is -1.76. The molecule has 2 rings (SSSR count). The first-order valence-electron chi connectivity index (χ1n) is 5.39. The largest absolute Gasteiger partial charge is 0.484 e. The molecular formula is C15H15O. The Balaban J connectivity index is 2.29. The van der Waals surface area contributed by atoms with Crippen LogP contribution in [0.2, 0.25) is 0 Å². The van der Waals surface area contributed by atoms with Gasteiger partial charge in [-0.15, -0.1) is 0 Å². The van der Waals surface area contributed by atoms with Crippen LogP contribution in [0.15, 0.2) is 54.6 Å². The maximum atomic E-state index is 5.59. The first-order chi connectivity index (χ1) is 7.75. The molecule has 2 aromatic rings. The third-order valence-corrected chi connectivity index (χ3v) is 2.26.